The number of aryl methyl sites for hydroxylation is 1. The Morgan fingerprint density at radius 3 is 2.49 bits per heavy atom. The van der Waals surface area contributed by atoms with E-state index >= 15 is 0 Å². The summed E-state index contributed by atoms with van der Waals surface area (Å²) in [7, 11) is 2.00. The van der Waals surface area contributed by atoms with Crippen molar-refractivity contribution in [2.45, 2.75) is 59.3 Å². The molecule has 3 aromatic rings. The number of alkyl halides is 3. The van der Waals surface area contributed by atoms with Crippen molar-refractivity contribution >= 4 is 39.3 Å². The molecule has 0 spiro atoms. The van der Waals surface area contributed by atoms with Crippen LogP contribution in [0.2, 0.25) is 0 Å². The number of thiophene rings is 1. The Balaban J connectivity index is 1.57. The van der Waals surface area contributed by atoms with Crippen LogP contribution in [0.5, 0.6) is 0 Å². The highest BCUT2D eigenvalue weighted by molar-refractivity contribution is 7.19. The summed E-state index contributed by atoms with van der Waals surface area (Å²) in [6, 6.07) is 4.08. The van der Waals surface area contributed by atoms with Gasteiger partial charge in [-0.3, -0.25) is 24.3 Å². The molecule has 2 saturated heterocycles. The monoisotopic (exact) mass is 587 g/mol. The molecule has 0 saturated carbocycles. The summed E-state index contributed by atoms with van der Waals surface area (Å²) in [4.78, 5) is 51.8. The maximum Gasteiger partial charge on any atom is 0.433 e. The molecular formula is C29H32F3N5O3S. The minimum absolute atomic E-state index is 0.0322. The fraction of sp³-hybridized carbons (Fsp3) is 0.483. The lowest BCUT2D eigenvalue weighted by molar-refractivity contribution is -0.142. The summed E-state index contributed by atoms with van der Waals surface area (Å²) in [5, 5.41) is 3.01. The van der Waals surface area contributed by atoms with Gasteiger partial charge in [0, 0.05) is 28.6 Å². The average Bonchev–Trinajstić information content (AvgIpc) is 3.38. The zero-order valence-corrected chi connectivity index (χ0v) is 24.4. The molecule has 2 aliphatic rings. The van der Waals surface area contributed by atoms with Crippen molar-refractivity contribution in [3.63, 3.8) is 0 Å². The van der Waals surface area contributed by atoms with E-state index in [9.17, 15) is 27.6 Å². The van der Waals surface area contributed by atoms with Gasteiger partial charge in [-0.15, -0.1) is 11.3 Å². The van der Waals surface area contributed by atoms with E-state index < -0.39 is 29.1 Å². The van der Waals surface area contributed by atoms with Gasteiger partial charge in [0.15, 0.2) is 0 Å². The van der Waals surface area contributed by atoms with Crippen molar-refractivity contribution < 1.29 is 27.6 Å². The van der Waals surface area contributed by atoms with Crippen LogP contribution in [-0.4, -0.2) is 63.7 Å². The first-order chi connectivity index (χ1) is 19.2. The third-order valence-corrected chi connectivity index (χ3v) is 9.48. The standard InChI is InChI=1S/C29H32F3N5O3S/c1-15-12-21(29(30,31)32)35-23(22(15)25(38)34-17-7-10-36(5)11-8-17)19-6-9-33-20-13-18(41-24(19)20)14-37-26(39)16(2)28(3,4)27(37)40/h6,9,12-13,16-17H,7-8,10-11,14H2,1-5H3,(H,34,38). The van der Waals surface area contributed by atoms with E-state index in [-0.39, 0.29) is 41.2 Å². The molecule has 3 aromatic heterocycles. The fourth-order valence-corrected chi connectivity index (χ4v) is 6.56. The number of nitrogens with one attached hydrogen (secondary N) is 1. The summed E-state index contributed by atoms with van der Waals surface area (Å²) < 4.78 is 42.1. The van der Waals surface area contributed by atoms with Gasteiger partial charge >= 0.3 is 6.18 Å². The topological polar surface area (TPSA) is 95.5 Å². The van der Waals surface area contributed by atoms with Gasteiger partial charge in [0.2, 0.25) is 11.8 Å². The molecule has 0 radical (unpaired) electrons. The number of carbonyl (C=O) groups excluding carboxylic acids is 3. The number of halogens is 3. The molecule has 3 amide bonds. The predicted octanol–water partition coefficient (Wildman–Crippen LogP) is 5.04. The molecule has 2 fully saturated rings. The van der Waals surface area contributed by atoms with E-state index in [1.54, 1.807) is 32.9 Å². The number of amides is 3. The summed E-state index contributed by atoms with van der Waals surface area (Å²) in [5.74, 6) is -1.49. The summed E-state index contributed by atoms with van der Waals surface area (Å²) in [6.45, 7) is 8.33. The Kier molecular flexibility index (Phi) is 7.44. The van der Waals surface area contributed by atoms with Crippen LogP contribution in [0.25, 0.3) is 21.5 Å². The normalized spacial score (nSPS) is 20.3. The van der Waals surface area contributed by atoms with Gasteiger partial charge < -0.3 is 10.2 Å². The lowest BCUT2D eigenvalue weighted by Crippen LogP contribution is -2.43. The third kappa shape index (κ3) is 5.34. The van der Waals surface area contributed by atoms with Crippen molar-refractivity contribution in [3.05, 3.63) is 46.1 Å². The first-order valence-electron chi connectivity index (χ1n) is 13.5. The van der Waals surface area contributed by atoms with Crippen LogP contribution in [0.15, 0.2) is 24.4 Å². The van der Waals surface area contributed by atoms with Gasteiger partial charge in [0.25, 0.3) is 5.91 Å². The highest BCUT2D eigenvalue weighted by Crippen LogP contribution is 2.41. The number of pyridine rings is 2. The second-order valence-electron chi connectivity index (χ2n) is 11.6. The fourth-order valence-electron chi connectivity index (χ4n) is 5.44. The van der Waals surface area contributed by atoms with Crippen LogP contribution in [0.3, 0.4) is 0 Å². The zero-order valence-electron chi connectivity index (χ0n) is 23.6. The predicted molar refractivity (Wildman–Crippen MR) is 149 cm³/mol. The molecule has 0 aromatic carbocycles. The molecule has 41 heavy (non-hydrogen) atoms. The SMILES string of the molecule is Cc1cc(C(F)(F)F)nc(-c2ccnc3cc(CN4C(=O)C(C)C(C)(C)C4=O)sc23)c1C(=O)NC1CCN(C)CC1. The molecule has 218 valence electrons. The lowest BCUT2D eigenvalue weighted by Gasteiger charge is -2.29. The number of fused-ring (bicyclic) bond motifs is 1. The summed E-state index contributed by atoms with van der Waals surface area (Å²) in [6.07, 6.45) is -1.78. The van der Waals surface area contributed by atoms with Gasteiger partial charge in [0.1, 0.15) is 5.69 Å². The Labute approximate surface area is 239 Å². The number of hydrogen-bond acceptors (Lipinski definition) is 7. The Bertz CT molecular complexity index is 1540. The van der Waals surface area contributed by atoms with E-state index in [1.807, 2.05) is 7.05 Å². The first-order valence-corrected chi connectivity index (χ1v) is 14.3. The number of piperidine rings is 1. The van der Waals surface area contributed by atoms with Crippen molar-refractivity contribution in [1.82, 2.24) is 25.1 Å². The molecule has 12 heteroatoms. The third-order valence-electron chi connectivity index (χ3n) is 8.34. The van der Waals surface area contributed by atoms with Crippen LogP contribution in [-0.2, 0) is 22.3 Å². The average molecular weight is 588 g/mol. The molecule has 1 N–H and O–H groups in total. The molecule has 2 aliphatic heterocycles. The number of likely N-dealkylation sites (tertiary alicyclic amines) is 2. The molecule has 1 atom stereocenters. The molecule has 0 aliphatic carbocycles. The van der Waals surface area contributed by atoms with Gasteiger partial charge in [0.05, 0.1) is 33.4 Å². The molecule has 5 rings (SSSR count). The number of imide groups is 1. The maximum absolute atomic E-state index is 13.9. The lowest BCUT2D eigenvalue weighted by atomic mass is 9.82. The Morgan fingerprint density at radius 2 is 1.88 bits per heavy atom. The van der Waals surface area contributed by atoms with Crippen molar-refractivity contribution in [2.75, 3.05) is 20.1 Å². The molecule has 1 unspecified atom stereocenters. The van der Waals surface area contributed by atoms with Gasteiger partial charge in [-0.2, -0.15) is 13.2 Å². The Morgan fingerprint density at radius 1 is 1.20 bits per heavy atom. The van der Waals surface area contributed by atoms with Crippen LogP contribution < -0.4 is 5.32 Å². The summed E-state index contributed by atoms with van der Waals surface area (Å²) in [5.41, 5.74) is -0.932. The molecule has 8 nitrogen and oxygen atoms in total. The molecule has 0 bridgehead atoms. The number of carbonyl (C=O) groups is 3. The molecular weight excluding hydrogens is 555 g/mol. The van der Waals surface area contributed by atoms with E-state index in [0.717, 1.165) is 32.0 Å². The van der Waals surface area contributed by atoms with E-state index in [4.69, 9.17) is 0 Å². The molecule has 5 heterocycles. The van der Waals surface area contributed by atoms with E-state index in [0.29, 0.717) is 20.7 Å². The van der Waals surface area contributed by atoms with Crippen LogP contribution >= 0.6 is 11.3 Å². The first kappa shape index (κ1) is 29.1. The Hall–Kier alpha value is -3.38. The minimum atomic E-state index is -4.71. The zero-order chi connectivity index (χ0) is 29.9. The van der Waals surface area contributed by atoms with Gasteiger partial charge in [-0.1, -0.05) is 20.8 Å². The smallest absolute Gasteiger partial charge is 0.349 e. The van der Waals surface area contributed by atoms with E-state index in [1.165, 1.54) is 29.4 Å². The second-order valence-corrected chi connectivity index (χ2v) is 12.7. The van der Waals surface area contributed by atoms with Gasteiger partial charge in [-0.25, -0.2) is 4.98 Å². The van der Waals surface area contributed by atoms with Crippen LogP contribution in [0.4, 0.5) is 13.2 Å². The van der Waals surface area contributed by atoms with E-state index in [2.05, 4.69) is 20.2 Å². The largest absolute Gasteiger partial charge is 0.433 e. The second kappa shape index (κ2) is 10.5. The number of rotatable bonds is 5. The number of nitrogens with zero attached hydrogens (tertiary/aromatic N) is 4. The number of hydrogen-bond donors (Lipinski definition) is 1. The highest BCUT2D eigenvalue weighted by atomic mass is 32.1. The van der Waals surface area contributed by atoms with Crippen LogP contribution in [0, 0.1) is 18.3 Å². The number of aromatic nitrogens is 2. The van der Waals surface area contributed by atoms with Crippen molar-refractivity contribution in [3.8, 4) is 11.3 Å². The quantitative estimate of drug-likeness (QED) is 0.421. The van der Waals surface area contributed by atoms with Gasteiger partial charge in [-0.05, 0) is 63.7 Å². The minimum Gasteiger partial charge on any atom is -0.349 e. The van der Waals surface area contributed by atoms with Crippen LogP contribution in [0.1, 0.15) is 60.1 Å². The van der Waals surface area contributed by atoms with Crippen molar-refractivity contribution in [1.29, 1.82) is 0 Å². The summed E-state index contributed by atoms with van der Waals surface area (Å²) >= 11 is 1.22. The highest BCUT2D eigenvalue weighted by Gasteiger charge is 2.51. The van der Waals surface area contributed by atoms with Crippen molar-refractivity contribution in [2.24, 2.45) is 11.3 Å². The maximum atomic E-state index is 13.9.